The van der Waals surface area contributed by atoms with Crippen molar-refractivity contribution in [2.75, 3.05) is 31.1 Å². The van der Waals surface area contributed by atoms with Crippen molar-refractivity contribution in [3.8, 4) is 0 Å². The predicted molar refractivity (Wildman–Crippen MR) is 106 cm³/mol. The fourth-order valence-corrected chi connectivity index (χ4v) is 4.32. The van der Waals surface area contributed by atoms with Gasteiger partial charge in [-0.2, -0.15) is 0 Å². The van der Waals surface area contributed by atoms with Gasteiger partial charge in [0.15, 0.2) is 10.9 Å². The highest BCUT2D eigenvalue weighted by molar-refractivity contribution is 7.22. The minimum absolute atomic E-state index is 0.0570. The van der Waals surface area contributed by atoms with E-state index in [2.05, 4.69) is 9.97 Å². The normalized spacial score (nSPS) is 14.6. The van der Waals surface area contributed by atoms with E-state index >= 15 is 0 Å². The molecule has 3 aromatic rings. The Bertz CT molecular complexity index is 1150. The van der Waals surface area contributed by atoms with Crippen molar-refractivity contribution in [1.82, 2.24) is 19.4 Å². The fraction of sp³-hybridized carbons (Fsp3) is 0.368. The maximum Gasteiger partial charge on any atom is 0.256 e. The lowest BCUT2D eigenvalue weighted by molar-refractivity contribution is -0.132. The molecule has 152 valence electrons. The molecule has 1 aliphatic rings. The molecule has 0 radical (unpaired) electrons. The number of anilines is 1. The van der Waals surface area contributed by atoms with Crippen LogP contribution in [-0.4, -0.2) is 51.5 Å². The number of nitrogens with zero attached hydrogens (tertiary/aromatic N) is 5. The van der Waals surface area contributed by atoms with E-state index in [-0.39, 0.29) is 23.5 Å². The molecule has 7 nitrogen and oxygen atoms in total. The van der Waals surface area contributed by atoms with E-state index in [4.69, 9.17) is 0 Å². The Kier molecular flexibility index (Phi) is 5.03. The van der Waals surface area contributed by atoms with Crippen molar-refractivity contribution in [1.29, 1.82) is 0 Å². The number of hydrogen-bond acceptors (Lipinski definition) is 6. The number of aryl methyl sites for hydroxylation is 1. The summed E-state index contributed by atoms with van der Waals surface area (Å²) in [5, 5.41) is 0.603. The first-order valence-electron chi connectivity index (χ1n) is 9.14. The fourth-order valence-electron chi connectivity index (χ4n) is 3.26. The van der Waals surface area contributed by atoms with E-state index in [1.165, 1.54) is 28.3 Å². The molecule has 1 fully saturated rings. The number of piperazine rings is 1. The Morgan fingerprint density at radius 2 is 1.90 bits per heavy atom. The molecule has 0 bridgehead atoms. The van der Waals surface area contributed by atoms with E-state index in [0.717, 1.165) is 6.07 Å². The molecule has 1 aromatic carbocycles. The van der Waals surface area contributed by atoms with Crippen LogP contribution in [0.4, 0.5) is 13.9 Å². The average Bonchev–Trinajstić information content (AvgIpc) is 3.13. The second-order valence-corrected chi connectivity index (χ2v) is 8.00. The third-order valence-corrected chi connectivity index (χ3v) is 6.19. The quantitative estimate of drug-likeness (QED) is 0.650. The number of rotatable bonds is 3. The first-order chi connectivity index (χ1) is 13.8. The largest absolute Gasteiger partial charge is 0.345 e. The Morgan fingerprint density at radius 1 is 1.17 bits per heavy atom. The Morgan fingerprint density at radius 3 is 2.62 bits per heavy atom. The lowest BCUT2D eigenvalue weighted by Gasteiger charge is -2.34. The first-order valence-corrected chi connectivity index (χ1v) is 9.96. The van der Waals surface area contributed by atoms with Gasteiger partial charge in [0.1, 0.15) is 17.9 Å². The molecular weight excluding hydrogens is 400 g/mol. The van der Waals surface area contributed by atoms with E-state index in [1.54, 1.807) is 18.7 Å². The summed E-state index contributed by atoms with van der Waals surface area (Å²) in [7, 11) is 0. The van der Waals surface area contributed by atoms with Crippen LogP contribution < -0.4 is 10.5 Å². The lowest BCUT2D eigenvalue weighted by atomic mass is 10.2. The molecule has 0 spiro atoms. The molecule has 10 heteroatoms. The van der Waals surface area contributed by atoms with Crippen LogP contribution in [0.15, 0.2) is 23.3 Å². The summed E-state index contributed by atoms with van der Waals surface area (Å²) >= 11 is 1.23. The standard InChI is InChI=1S/C19H19F2N5O2S/c1-11-12(2)22-10-26(18(11)28)9-16(27)24-3-5-25(6-4-24)19-23-17-14(21)7-13(20)8-15(17)29-19/h7-8,10H,3-6,9H2,1-2H3. The molecule has 0 unspecified atom stereocenters. The van der Waals surface area contributed by atoms with Gasteiger partial charge in [0.25, 0.3) is 5.56 Å². The van der Waals surface area contributed by atoms with Gasteiger partial charge >= 0.3 is 0 Å². The topological polar surface area (TPSA) is 71.3 Å². The van der Waals surface area contributed by atoms with Crippen LogP contribution in [0.25, 0.3) is 10.2 Å². The third-order valence-electron chi connectivity index (χ3n) is 5.13. The Hall–Kier alpha value is -2.88. The molecule has 2 aromatic heterocycles. The zero-order valence-electron chi connectivity index (χ0n) is 16.0. The van der Waals surface area contributed by atoms with Gasteiger partial charge < -0.3 is 9.80 Å². The minimum atomic E-state index is -0.677. The van der Waals surface area contributed by atoms with Crippen LogP contribution in [0.2, 0.25) is 0 Å². The van der Waals surface area contributed by atoms with Crippen molar-refractivity contribution in [3.63, 3.8) is 0 Å². The molecule has 0 aliphatic carbocycles. The highest BCUT2D eigenvalue weighted by atomic mass is 32.1. The molecule has 0 atom stereocenters. The van der Waals surface area contributed by atoms with Gasteiger partial charge in [-0.05, 0) is 19.9 Å². The van der Waals surface area contributed by atoms with Gasteiger partial charge in [0.05, 0.1) is 11.0 Å². The summed E-state index contributed by atoms with van der Waals surface area (Å²) < 4.78 is 29.1. The molecule has 1 amide bonds. The van der Waals surface area contributed by atoms with Crippen molar-refractivity contribution in [2.24, 2.45) is 0 Å². The summed E-state index contributed by atoms with van der Waals surface area (Å²) in [6.07, 6.45) is 1.40. The van der Waals surface area contributed by atoms with Gasteiger partial charge in [-0.25, -0.2) is 18.7 Å². The summed E-state index contributed by atoms with van der Waals surface area (Å²) in [5.41, 5.74) is 1.13. The molecular formula is C19H19F2N5O2S. The number of thiazole rings is 1. The van der Waals surface area contributed by atoms with E-state index in [1.807, 2.05) is 4.90 Å². The molecule has 0 saturated carbocycles. The monoisotopic (exact) mass is 419 g/mol. The number of hydrogen-bond donors (Lipinski definition) is 0. The third kappa shape index (κ3) is 3.71. The van der Waals surface area contributed by atoms with Crippen molar-refractivity contribution < 1.29 is 13.6 Å². The maximum atomic E-state index is 13.9. The predicted octanol–water partition coefficient (Wildman–Crippen LogP) is 2.10. The van der Waals surface area contributed by atoms with Crippen LogP contribution >= 0.6 is 11.3 Å². The second-order valence-electron chi connectivity index (χ2n) is 6.99. The molecule has 1 saturated heterocycles. The van der Waals surface area contributed by atoms with E-state index in [9.17, 15) is 18.4 Å². The van der Waals surface area contributed by atoms with Crippen LogP contribution in [-0.2, 0) is 11.3 Å². The molecule has 29 heavy (non-hydrogen) atoms. The highest BCUT2D eigenvalue weighted by Gasteiger charge is 2.24. The van der Waals surface area contributed by atoms with Gasteiger partial charge in [-0.3, -0.25) is 14.2 Å². The minimum Gasteiger partial charge on any atom is -0.345 e. The van der Waals surface area contributed by atoms with E-state index < -0.39 is 11.6 Å². The smallest absolute Gasteiger partial charge is 0.256 e. The summed E-state index contributed by atoms with van der Waals surface area (Å²) in [6.45, 7) is 5.35. The summed E-state index contributed by atoms with van der Waals surface area (Å²) in [4.78, 5) is 36.9. The van der Waals surface area contributed by atoms with Crippen molar-refractivity contribution in [2.45, 2.75) is 20.4 Å². The Balaban J connectivity index is 1.43. The van der Waals surface area contributed by atoms with Crippen LogP contribution in [0, 0.1) is 25.5 Å². The van der Waals surface area contributed by atoms with Crippen LogP contribution in [0.1, 0.15) is 11.3 Å². The van der Waals surface area contributed by atoms with Crippen molar-refractivity contribution in [3.05, 3.63) is 51.7 Å². The van der Waals surface area contributed by atoms with Gasteiger partial charge in [-0.15, -0.1) is 0 Å². The first kappa shape index (κ1) is 19.4. The SMILES string of the molecule is Cc1ncn(CC(=O)N2CCN(c3nc4c(F)cc(F)cc4s3)CC2)c(=O)c1C. The summed E-state index contributed by atoms with van der Waals surface area (Å²) in [6, 6.07) is 2.10. The Labute approximate surface area is 169 Å². The van der Waals surface area contributed by atoms with Gasteiger partial charge in [0.2, 0.25) is 5.91 Å². The molecule has 3 heterocycles. The molecule has 4 rings (SSSR count). The van der Waals surface area contributed by atoms with Crippen LogP contribution in [0.5, 0.6) is 0 Å². The number of carbonyl (C=O) groups excluding carboxylic acids is 1. The number of fused-ring (bicyclic) bond motifs is 1. The second kappa shape index (κ2) is 7.51. The van der Waals surface area contributed by atoms with E-state index in [0.29, 0.717) is 47.3 Å². The zero-order chi connectivity index (χ0) is 20.7. The molecule has 1 aliphatic heterocycles. The van der Waals surface area contributed by atoms with Gasteiger partial charge in [-0.1, -0.05) is 11.3 Å². The maximum absolute atomic E-state index is 13.9. The zero-order valence-corrected chi connectivity index (χ0v) is 16.8. The van der Waals surface area contributed by atoms with Gasteiger partial charge in [0, 0.05) is 43.5 Å². The molecule has 0 N–H and O–H groups in total. The number of amides is 1. The summed E-state index contributed by atoms with van der Waals surface area (Å²) in [5.74, 6) is -1.46. The number of aromatic nitrogens is 3. The average molecular weight is 419 g/mol. The number of halogens is 2. The number of carbonyl (C=O) groups is 1. The van der Waals surface area contributed by atoms with Crippen LogP contribution in [0.3, 0.4) is 0 Å². The van der Waals surface area contributed by atoms with Crippen molar-refractivity contribution >= 4 is 32.6 Å². The lowest BCUT2D eigenvalue weighted by Crippen LogP contribution is -2.50. The number of benzene rings is 1. The highest BCUT2D eigenvalue weighted by Crippen LogP contribution is 2.31.